The lowest BCUT2D eigenvalue weighted by Crippen LogP contribution is -2.55. The molecular weight excluding hydrogens is 905 g/mol. The maximum atomic E-state index is 15.3. The van der Waals surface area contributed by atoms with Crippen LogP contribution in [0, 0.1) is 12.8 Å². The van der Waals surface area contributed by atoms with E-state index in [1.54, 1.807) is 48.8 Å². The zero-order valence-corrected chi connectivity index (χ0v) is 39.3. The topological polar surface area (TPSA) is 137 Å². The summed E-state index contributed by atoms with van der Waals surface area (Å²) in [5.41, 5.74) is 5.65. The van der Waals surface area contributed by atoms with Gasteiger partial charge in [-0.3, -0.25) is 29.1 Å². The number of pyridine rings is 2. The first-order chi connectivity index (χ1) is 33.9. The molecule has 8 aromatic rings. The van der Waals surface area contributed by atoms with E-state index in [1.807, 2.05) is 115 Å². The van der Waals surface area contributed by atoms with Crippen LogP contribution in [0.4, 0.5) is 8.78 Å². The average molecular weight is 954 g/mol. The van der Waals surface area contributed by atoms with Crippen molar-refractivity contribution in [3.05, 3.63) is 185 Å². The number of alkyl halides is 2. The third kappa shape index (κ3) is 9.14. The van der Waals surface area contributed by atoms with E-state index < -0.39 is 42.8 Å². The van der Waals surface area contributed by atoms with Gasteiger partial charge in [0.15, 0.2) is 0 Å². The van der Waals surface area contributed by atoms with Crippen LogP contribution in [-0.2, 0) is 0 Å². The molecule has 14 heteroatoms. The molecule has 70 heavy (non-hydrogen) atoms. The van der Waals surface area contributed by atoms with E-state index in [9.17, 15) is 19.2 Å². The number of benzene rings is 5. The quantitative estimate of drug-likeness (QED) is 0.132. The lowest BCUT2D eigenvalue weighted by Gasteiger charge is -2.44. The number of thiazole rings is 1. The molecule has 4 unspecified atom stereocenters. The Morgan fingerprint density at radius 3 is 1.99 bits per heavy atom. The summed E-state index contributed by atoms with van der Waals surface area (Å²) in [6, 6.07) is 41.3. The van der Waals surface area contributed by atoms with E-state index >= 15 is 8.78 Å². The molecule has 10 rings (SSSR count). The van der Waals surface area contributed by atoms with E-state index in [0.717, 1.165) is 37.3 Å². The van der Waals surface area contributed by atoms with Gasteiger partial charge in [-0.2, -0.15) is 0 Å². The van der Waals surface area contributed by atoms with Crippen LogP contribution in [0.25, 0.3) is 43.4 Å². The summed E-state index contributed by atoms with van der Waals surface area (Å²) in [4.78, 5) is 74.2. The van der Waals surface area contributed by atoms with Crippen LogP contribution < -0.4 is 10.6 Å². The van der Waals surface area contributed by atoms with Crippen LogP contribution in [-0.4, -0.2) is 92.6 Å². The first-order valence-electron chi connectivity index (χ1n) is 23.4. The number of nitrogens with one attached hydrogen (secondary N) is 2. The molecule has 352 valence electrons. The maximum Gasteiger partial charge on any atom is 0.274 e. The first-order valence-corrected chi connectivity index (χ1v) is 24.2. The van der Waals surface area contributed by atoms with E-state index in [4.69, 9.17) is 4.98 Å². The van der Waals surface area contributed by atoms with Crippen LogP contribution in [0.1, 0.15) is 77.8 Å². The van der Waals surface area contributed by atoms with Crippen molar-refractivity contribution in [3.8, 4) is 21.6 Å². The number of rotatable bonds is 11. The molecule has 3 aromatic heterocycles. The van der Waals surface area contributed by atoms with Crippen molar-refractivity contribution in [2.75, 3.05) is 26.2 Å². The number of halogens is 2. The molecule has 0 aliphatic carbocycles. The van der Waals surface area contributed by atoms with Crippen LogP contribution >= 0.6 is 11.3 Å². The largest absolute Gasteiger partial charge is 0.350 e. The molecule has 2 saturated heterocycles. The number of para-hydroxylation sites is 2. The van der Waals surface area contributed by atoms with E-state index in [0.29, 0.717) is 46.4 Å². The Balaban J connectivity index is 0.921. The summed E-state index contributed by atoms with van der Waals surface area (Å²) < 4.78 is 30.6. The number of nitrogens with zero attached hydrogens (tertiary/aromatic N) is 5. The summed E-state index contributed by atoms with van der Waals surface area (Å²) in [6.45, 7) is 3.57. The molecule has 0 saturated carbocycles. The molecule has 4 atom stereocenters. The number of piperidine rings is 1. The zero-order chi connectivity index (χ0) is 48.5. The van der Waals surface area contributed by atoms with Crippen LogP contribution in [0.3, 0.4) is 0 Å². The highest BCUT2D eigenvalue weighted by Crippen LogP contribution is 2.41. The standard InChI is InChI=1S/C56H49F2N7O4S/c1-34-42(25-28-64(55(69)50-51(70-35(2)63-50)38-13-4-3-5-14-38)47(34)32-62-53(67)46-24-10-16-37-20-12-27-60-49(37)46)39-17-8-18-40(29-39)43-21-6-7-22-44(43)54(68)65-33-56(57,58)30-41(65)31-61-52(66)45-23-9-15-36-19-11-26-59-48(36)45/h3-24,26-27,29,34,41-42,47H,25,28,30-33H2,1-2H3,(H,61,66)(H,62,67). The van der Waals surface area contributed by atoms with Crippen molar-refractivity contribution >= 4 is 56.8 Å². The SMILES string of the molecule is Cc1nc(C(=O)N2CCC(c3cccc(-c4ccccc4C(=O)N4CC(F)(F)CC4CNC(=O)c4cccc5cccnc45)c3)C(C)C2CNC(=O)c2cccc3cccnc23)c(-c2ccccc2)s1. The molecule has 0 bridgehead atoms. The van der Waals surface area contributed by atoms with Gasteiger partial charge >= 0.3 is 0 Å². The number of amides is 4. The Morgan fingerprint density at radius 1 is 0.686 bits per heavy atom. The lowest BCUT2D eigenvalue weighted by molar-refractivity contribution is 0.0118. The van der Waals surface area contributed by atoms with Crippen LogP contribution in [0.15, 0.2) is 152 Å². The number of hydrogen-bond acceptors (Lipinski definition) is 8. The maximum absolute atomic E-state index is 15.3. The van der Waals surface area contributed by atoms with Gasteiger partial charge in [-0.25, -0.2) is 13.8 Å². The second-order valence-corrected chi connectivity index (χ2v) is 19.3. The van der Waals surface area contributed by atoms with Gasteiger partial charge in [-0.05, 0) is 77.8 Å². The minimum Gasteiger partial charge on any atom is -0.350 e. The molecule has 0 spiro atoms. The number of carbonyl (C=O) groups excluding carboxylic acids is 4. The molecular formula is C56H49F2N7O4S. The number of carbonyl (C=O) groups is 4. The first kappa shape index (κ1) is 46.0. The van der Waals surface area contributed by atoms with Crippen molar-refractivity contribution < 1.29 is 28.0 Å². The highest BCUT2D eigenvalue weighted by atomic mass is 32.1. The van der Waals surface area contributed by atoms with Gasteiger partial charge in [-0.1, -0.05) is 116 Å². The second-order valence-electron chi connectivity index (χ2n) is 18.1. The van der Waals surface area contributed by atoms with Crippen molar-refractivity contribution in [1.29, 1.82) is 0 Å². The molecule has 11 nitrogen and oxygen atoms in total. The molecule has 5 heterocycles. The average Bonchev–Trinajstić information content (AvgIpc) is 3.94. The fourth-order valence-corrected chi connectivity index (χ4v) is 11.2. The molecule has 2 N–H and O–H groups in total. The summed E-state index contributed by atoms with van der Waals surface area (Å²) >= 11 is 1.47. The number of fused-ring (bicyclic) bond motifs is 2. The summed E-state index contributed by atoms with van der Waals surface area (Å²) in [5.74, 6) is -4.95. The smallest absolute Gasteiger partial charge is 0.274 e. The summed E-state index contributed by atoms with van der Waals surface area (Å²) in [5, 5.41) is 8.35. The molecule has 0 radical (unpaired) electrons. The molecule has 2 aliphatic rings. The number of aryl methyl sites for hydroxylation is 1. The van der Waals surface area contributed by atoms with E-state index in [1.165, 1.54) is 16.2 Å². The van der Waals surface area contributed by atoms with Gasteiger partial charge in [0.2, 0.25) is 0 Å². The third-order valence-corrected chi connectivity index (χ3v) is 14.7. The lowest BCUT2D eigenvalue weighted by atomic mass is 9.76. The fraction of sp³-hybridized carbons (Fsp3) is 0.232. The molecule has 2 fully saturated rings. The van der Waals surface area contributed by atoms with Gasteiger partial charge in [0.05, 0.1) is 50.7 Å². The number of likely N-dealkylation sites (tertiary alicyclic amines) is 2. The third-order valence-electron chi connectivity index (χ3n) is 13.7. The fourth-order valence-electron chi connectivity index (χ4n) is 10.3. The van der Waals surface area contributed by atoms with Gasteiger partial charge in [0.25, 0.3) is 29.6 Å². The number of aromatic nitrogens is 3. The van der Waals surface area contributed by atoms with Gasteiger partial charge < -0.3 is 20.4 Å². The minimum absolute atomic E-state index is 0.0825. The predicted molar refractivity (Wildman–Crippen MR) is 268 cm³/mol. The minimum atomic E-state index is -3.16. The Kier molecular flexibility index (Phi) is 12.7. The highest BCUT2D eigenvalue weighted by molar-refractivity contribution is 7.15. The Labute approximate surface area is 407 Å². The van der Waals surface area contributed by atoms with E-state index in [2.05, 4.69) is 27.5 Å². The van der Waals surface area contributed by atoms with Crippen molar-refractivity contribution in [1.82, 2.24) is 35.4 Å². The van der Waals surface area contributed by atoms with Crippen molar-refractivity contribution in [3.63, 3.8) is 0 Å². The summed E-state index contributed by atoms with van der Waals surface area (Å²) in [7, 11) is 0. The molecule has 5 aromatic carbocycles. The van der Waals surface area contributed by atoms with Gasteiger partial charge in [0.1, 0.15) is 5.69 Å². The normalized spacial score (nSPS) is 18.7. The Hall–Kier alpha value is -7.71. The van der Waals surface area contributed by atoms with Gasteiger partial charge in [-0.15, -0.1) is 11.3 Å². The van der Waals surface area contributed by atoms with Crippen LogP contribution in [0.5, 0.6) is 0 Å². The van der Waals surface area contributed by atoms with Gasteiger partial charge in [0, 0.05) is 54.8 Å². The predicted octanol–water partition coefficient (Wildman–Crippen LogP) is 10.2. The molecule has 4 amide bonds. The Morgan fingerprint density at radius 2 is 1.29 bits per heavy atom. The molecule has 2 aliphatic heterocycles. The zero-order valence-electron chi connectivity index (χ0n) is 38.5. The Bertz CT molecular complexity index is 3280. The second kappa shape index (κ2) is 19.4. The monoisotopic (exact) mass is 953 g/mol. The van der Waals surface area contributed by atoms with E-state index in [-0.39, 0.29) is 42.3 Å². The van der Waals surface area contributed by atoms with Crippen molar-refractivity contribution in [2.24, 2.45) is 5.92 Å². The highest BCUT2D eigenvalue weighted by Gasteiger charge is 2.47. The summed E-state index contributed by atoms with van der Waals surface area (Å²) in [6.07, 6.45) is 3.25. The van der Waals surface area contributed by atoms with Crippen molar-refractivity contribution in [2.45, 2.75) is 50.6 Å². The van der Waals surface area contributed by atoms with Crippen LogP contribution in [0.2, 0.25) is 0 Å². The number of hydrogen-bond donors (Lipinski definition) is 2.